The Morgan fingerprint density at radius 2 is 1.94 bits per heavy atom. The van der Waals surface area contributed by atoms with Crippen LogP contribution in [0.15, 0.2) is 46.9 Å². The van der Waals surface area contributed by atoms with Gasteiger partial charge in [0, 0.05) is 40.2 Å². The number of aromatic nitrogens is 1. The van der Waals surface area contributed by atoms with Gasteiger partial charge in [-0.15, -0.1) is 0 Å². The molecule has 3 aromatic rings. The van der Waals surface area contributed by atoms with Crippen LogP contribution in [0.25, 0.3) is 10.9 Å². The lowest BCUT2D eigenvalue weighted by atomic mass is 9.92. The van der Waals surface area contributed by atoms with Gasteiger partial charge in [-0.3, -0.25) is 14.6 Å². The molecule has 1 unspecified atom stereocenters. The molecule has 1 aromatic heterocycles. The van der Waals surface area contributed by atoms with E-state index in [4.69, 9.17) is 9.99 Å². The van der Waals surface area contributed by atoms with Crippen molar-refractivity contribution in [2.75, 3.05) is 26.7 Å². The Bertz CT molecular complexity index is 1240. The van der Waals surface area contributed by atoms with Gasteiger partial charge in [0.15, 0.2) is 0 Å². The molecule has 0 saturated heterocycles. The summed E-state index contributed by atoms with van der Waals surface area (Å²) in [6.45, 7) is 2.14. The molecule has 0 bridgehead atoms. The molecule has 2 N–H and O–H groups in total. The molecule has 1 aliphatic heterocycles. The van der Waals surface area contributed by atoms with Crippen molar-refractivity contribution in [1.82, 2.24) is 14.8 Å². The smallest absolute Gasteiger partial charge is 0.410 e. The lowest BCUT2D eigenvalue weighted by Gasteiger charge is -2.35. The zero-order chi connectivity index (χ0) is 24.4. The first-order valence-electron chi connectivity index (χ1n) is 10.8. The fraction of sp³-hybridized carbons (Fsp3) is 0.292. The van der Waals surface area contributed by atoms with Crippen LogP contribution in [0.2, 0.25) is 0 Å². The fourth-order valence-corrected chi connectivity index (χ4v) is 4.69. The van der Waals surface area contributed by atoms with Crippen molar-refractivity contribution in [3.8, 4) is 0 Å². The van der Waals surface area contributed by atoms with Gasteiger partial charge in [-0.2, -0.15) is 5.26 Å². The van der Waals surface area contributed by atoms with Gasteiger partial charge in [-0.05, 0) is 54.8 Å². The largest absolute Gasteiger partial charge is 0.450 e. The number of rotatable bonds is 5. The number of aromatic amines is 1. The average molecular weight is 530 g/mol. The summed E-state index contributed by atoms with van der Waals surface area (Å²) in [5, 5.41) is 9.54. The molecular weight excluding hydrogens is 506 g/mol. The number of hydrogen-bond donors (Lipinski definition) is 2. The summed E-state index contributed by atoms with van der Waals surface area (Å²) in [4.78, 5) is 46.7. The molecule has 0 aliphatic carbocycles. The predicted octanol–water partition coefficient (Wildman–Crippen LogP) is 4.12. The van der Waals surface area contributed by atoms with Crippen LogP contribution in [0.3, 0.4) is 0 Å². The molecule has 2 amide bonds. The Morgan fingerprint density at radius 1 is 1.21 bits per heavy atom. The number of carbonyl (C=O) groups excluding carboxylic acids is 3. The highest BCUT2D eigenvalue weighted by Crippen LogP contribution is 2.39. The molecule has 34 heavy (non-hydrogen) atoms. The summed E-state index contributed by atoms with van der Waals surface area (Å²) in [5.41, 5.74) is 4.21. The second-order valence-electron chi connectivity index (χ2n) is 8.00. The van der Waals surface area contributed by atoms with Crippen molar-refractivity contribution < 1.29 is 29.3 Å². The highest BCUT2D eigenvalue weighted by molar-refractivity contribution is 9.10. The number of benzene rings is 2. The maximum absolute atomic E-state index is 12.8. The van der Waals surface area contributed by atoms with Crippen LogP contribution in [0.5, 0.6) is 0 Å². The molecule has 1 atom stereocenters. The van der Waals surface area contributed by atoms with Gasteiger partial charge in [-0.25, -0.2) is 9.59 Å². The number of fused-ring (bicyclic) bond motifs is 3. The van der Waals surface area contributed by atoms with E-state index in [0.29, 0.717) is 18.5 Å². The van der Waals surface area contributed by atoms with Gasteiger partial charge in [0.25, 0.3) is 5.91 Å². The van der Waals surface area contributed by atoms with Crippen molar-refractivity contribution in [3.63, 3.8) is 0 Å². The van der Waals surface area contributed by atoms with E-state index in [1.165, 1.54) is 7.05 Å². The summed E-state index contributed by atoms with van der Waals surface area (Å²) < 4.78 is 6.30. The third kappa shape index (κ3) is 4.51. The van der Waals surface area contributed by atoms with Crippen LogP contribution in [-0.2, 0) is 20.8 Å². The van der Waals surface area contributed by atoms with Crippen molar-refractivity contribution in [2.24, 2.45) is 0 Å². The zero-order valence-corrected chi connectivity index (χ0v) is 20.3. The quantitative estimate of drug-likeness (QED) is 0.379. The average Bonchev–Trinajstić information content (AvgIpc) is 3.20. The molecule has 0 spiro atoms. The van der Waals surface area contributed by atoms with E-state index in [0.717, 1.165) is 37.1 Å². The Labute approximate surface area is 204 Å². The first-order chi connectivity index (χ1) is 16.3. The second kappa shape index (κ2) is 9.86. The Morgan fingerprint density at radius 3 is 2.62 bits per heavy atom. The van der Waals surface area contributed by atoms with Gasteiger partial charge >= 0.3 is 12.1 Å². The molecular formula is C24H24BrN3O6. The lowest BCUT2D eigenvalue weighted by Crippen LogP contribution is -2.41. The highest BCUT2D eigenvalue weighted by atomic mass is 79.9. The van der Waals surface area contributed by atoms with Crippen molar-refractivity contribution in [1.29, 1.82) is 0 Å². The fourth-order valence-electron chi connectivity index (χ4n) is 4.33. The van der Waals surface area contributed by atoms with E-state index in [2.05, 4.69) is 31.9 Å². The van der Waals surface area contributed by atoms with E-state index in [9.17, 15) is 14.4 Å². The molecule has 10 heteroatoms. The highest BCUT2D eigenvalue weighted by Gasteiger charge is 2.35. The number of nitrogens with one attached hydrogen (secondary N) is 1. The number of carbonyl (C=O) groups is 3. The summed E-state index contributed by atoms with van der Waals surface area (Å²) in [5.74, 6) is -1.34. The number of hydrogen-bond acceptors (Lipinski definition) is 6. The summed E-state index contributed by atoms with van der Waals surface area (Å²) in [6.07, 6.45) is 0.282. The van der Waals surface area contributed by atoms with Gasteiger partial charge in [-0.1, -0.05) is 28.1 Å². The van der Waals surface area contributed by atoms with Crippen LogP contribution in [0, 0.1) is 0 Å². The Kier molecular flexibility index (Phi) is 6.90. The maximum Gasteiger partial charge on any atom is 0.410 e. The van der Waals surface area contributed by atoms with E-state index in [1.54, 1.807) is 36.1 Å². The van der Waals surface area contributed by atoms with E-state index in [1.807, 2.05) is 12.1 Å². The Balaban J connectivity index is 1.71. The Hall–Kier alpha value is -3.37. The molecule has 1 aliphatic rings. The number of ether oxygens (including phenoxy) is 1. The third-order valence-electron chi connectivity index (χ3n) is 5.88. The standard InChI is InChI=1S/C24H24BrN3O6/c1-3-33-24(31)28-11-10-17-18-12-16(25)8-9-19(18)26-21(17)22(28)14-4-6-15(7-5-14)23(30)27(2)13-20(29)34-32/h4-9,12,22,26,32H,3,10-11,13H2,1-2H3. The zero-order valence-electron chi connectivity index (χ0n) is 18.7. The topological polar surface area (TPSA) is 112 Å². The normalized spacial score (nSPS) is 15.1. The van der Waals surface area contributed by atoms with Crippen LogP contribution >= 0.6 is 15.9 Å². The molecule has 0 fully saturated rings. The van der Waals surface area contributed by atoms with E-state index in [-0.39, 0.29) is 13.2 Å². The summed E-state index contributed by atoms with van der Waals surface area (Å²) >= 11 is 3.54. The number of amides is 2. The molecule has 2 heterocycles. The first kappa shape index (κ1) is 23.8. The van der Waals surface area contributed by atoms with Crippen molar-refractivity contribution >= 4 is 44.8 Å². The van der Waals surface area contributed by atoms with E-state index < -0.39 is 24.0 Å². The minimum Gasteiger partial charge on any atom is -0.450 e. The SMILES string of the molecule is CCOC(=O)N1CCc2c([nH]c3ccc(Br)cc23)C1c1ccc(C(=O)N(C)CC(=O)OO)cc1. The number of H-pyrrole nitrogens is 1. The van der Waals surface area contributed by atoms with Crippen molar-refractivity contribution in [2.45, 2.75) is 19.4 Å². The van der Waals surface area contributed by atoms with Crippen LogP contribution in [0.4, 0.5) is 4.79 Å². The third-order valence-corrected chi connectivity index (χ3v) is 6.37. The summed E-state index contributed by atoms with van der Waals surface area (Å²) in [7, 11) is 1.44. The predicted molar refractivity (Wildman–Crippen MR) is 127 cm³/mol. The molecule has 2 aromatic carbocycles. The monoisotopic (exact) mass is 529 g/mol. The van der Waals surface area contributed by atoms with Gasteiger partial charge in [0.1, 0.15) is 12.6 Å². The van der Waals surface area contributed by atoms with Gasteiger partial charge in [0.2, 0.25) is 0 Å². The first-order valence-corrected chi connectivity index (χ1v) is 11.6. The van der Waals surface area contributed by atoms with E-state index >= 15 is 0 Å². The maximum atomic E-state index is 12.8. The molecule has 9 nitrogen and oxygen atoms in total. The minimum atomic E-state index is -0.933. The molecule has 0 saturated carbocycles. The van der Waals surface area contributed by atoms with Crippen LogP contribution in [0.1, 0.15) is 40.1 Å². The van der Waals surface area contributed by atoms with Crippen LogP contribution in [-0.4, -0.2) is 64.8 Å². The second-order valence-corrected chi connectivity index (χ2v) is 8.91. The summed E-state index contributed by atoms with van der Waals surface area (Å²) in [6, 6.07) is 12.5. The van der Waals surface area contributed by atoms with Gasteiger partial charge < -0.3 is 14.6 Å². The number of halogens is 1. The number of likely N-dealkylation sites (N-methyl/N-ethyl adjacent to an activating group) is 1. The van der Waals surface area contributed by atoms with Crippen LogP contribution < -0.4 is 0 Å². The van der Waals surface area contributed by atoms with Gasteiger partial charge in [0.05, 0.1) is 6.61 Å². The number of nitrogens with zero attached hydrogens (tertiary/aromatic N) is 2. The molecule has 178 valence electrons. The van der Waals surface area contributed by atoms with Crippen molar-refractivity contribution in [3.05, 3.63) is 69.3 Å². The minimum absolute atomic E-state index is 0.268. The lowest BCUT2D eigenvalue weighted by molar-refractivity contribution is -0.234. The molecule has 4 rings (SSSR count). The molecule has 0 radical (unpaired) electrons.